The summed E-state index contributed by atoms with van der Waals surface area (Å²) in [6.45, 7) is 2.18. The van der Waals surface area contributed by atoms with Crippen LogP contribution >= 0.6 is 22.6 Å². The van der Waals surface area contributed by atoms with Gasteiger partial charge in [0.05, 0.1) is 0 Å². The maximum Gasteiger partial charge on any atom is 0.131 e. The van der Waals surface area contributed by atoms with Crippen molar-refractivity contribution in [2.75, 3.05) is 0 Å². The maximum absolute atomic E-state index is 13.7. The van der Waals surface area contributed by atoms with Crippen LogP contribution in [0.5, 0.6) is 5.75 Å². The van der Waals surface area contributed by atoms with Crippen LogP contribution in [-0.4, -0.2) is 0 Å². The molecule has 0 aliphatic heterocycles. The van der Waals surface area contributed by atoms with Crippen LogP contribution in [0.25, 0.3) is 0 Å². The third kappa shape index (κ3) is 3.91. The minimum Gasteiger partial charge on any atom is -0.489 e. The SMILES string of the molecule is C[C@H](N)c1ccc(OCc2ccc(I)cc2)cc1F. The lowest BCUT2D eigenvalue weighted by atomic mass is 10.1. The molecule has 0 saturated heterocycles. The van der Waals surface area contributed by atoms with Gasteiger partial charge in [-0.2, -0.15) is 0 Å². The zero-order valence-corrected chi connectivity index (χ0v) is 12.7. The Labute approximate surface area is 125 Å². The van der Waals surface area contributed by atoms with Crippen molar-refractivity contribution >= 4 is 22.6 Å². The molecule has 2 rings (SSSR count). The second kappa shape index (κ2) is 6.34. The molecule has 0 aromatic heterocycles. The molecule has 0 fully saturated rings. The molecule has 0 unspecified atom stereocenters. The second-order valence-electron chi connectivity index (χ2n) is 4.39. The highest BCUT2D eigenvalue weighted by molar-refractivity contribution is 14.1. The minimum absolute atomic E-state index is 0.315. The summed E-state index contributed by atoms with van der Waals surface area (Å²) in [5.41, 5.74) is 7.22. The first-order valence-electron chi connectivity index (χ1n) is 5.98. The van der Waals surface area contributed by atoms with Crippen molar-refractivity contribution in [1.29, 1.82) is 0 Å². The quantitative estimate of drug-likeness (QED) is 0.824. The van der Waals surface area contributed by atoms with E-state index >= 15 is 0 Å². The Balaban J connectivity index is 2.04. The molecule has 2 aromatic rings. The molecule has 0 saturated carbocycles. The van der Waals surface area contributed by atoms with E-state index in [0.717, 1.165) is 5.56 Å². The largest absolute Gasteiger partial charge is 0.489 e. The first-order chi connectivity index (χ1) is 9.06. The number of hydrogen-bond acceptors (Lipinski definition) is 2. The van der Waals surface area contributed by atoms with Crippen LogP contribution in [0.2, 0.25) is 0 Å². The van der Waals surface area contributed by atoms with Gasteiger partial charge in [0.2, 0.25) is 0 Å². The highest BCUT2D eigenvalue weighted by atomic mass is 127. The lowest BCUT2D eigenvalue weighted by Gasteiger charge is -2.10. The predicted molar refractivity (Wildman–Crippen MR) is 82.5 cm³/mol. The molecular weight excluding hydrogens is 356 g/mol. The summed E-state index contributed by atoms with van der Waals surface area (Å²) in [6.07, 6.45) is 0. The number of ether oxygens (including phenoxy) is 1. The van der Waals surface area contributed by atoms with Crippen molar-refractivity contribution in [2.45, 2.75) is 19.6 Å². The fourth-order valence-electron chi connectivity index (χ4n) is 1.71. The van der Waals surface area contributed by atoms with Gasteiger partial charge in [-0.3, -0.25) is 0 Å². The second-order valence-corrected chi connectivity index (χ2v) is 5.63. The van der Waals surface area contributed by atoms with E-state index in [1.165, 1.54) is 9.64 Å². The van der Waals surface area contributed by atoms with Gasteiger partial charge < -0.3 is 10.5 Å². The summed E-state index contributed by atoms with van der Waals surface area (Å²) in [7, 11) is 0. The molecule has 19 heavy (non-hydrogen) atoms. The Bertz CT molecular complexity index is 555. The summed E-state index contributed by atoms with van der Waals surface area (Å²) in [5, 5.41) is 0. The van der Waals surface area contributed by atoms with Crippen molar-refractivity contribution in [3.8, 4) is 5.75 Å². The molecule has 2 nitrogen and oxygen atoms in total. The third-order valence-electron chi connectivity index (χ3n) is 2.78. The third-order valence-corrected chi connectivity index (χ3v) is 3.50. The summed E-state index contributed by atoms with van der Waals surface area (Å²) < 4.78 is 20.5. The summed E-state index contributed by atoms with van der Waals surface area (Å²) in [6, 6.07) is 12.5. The smallest absolute Gasteiger partial charge is 0.131 e. The van der Waals surface area contributed by atoms with E-state index in [1.807, 2.05) is 24.3 Å². The first kappa shape index (κ1) is 14.3. The van der Waals surface area contributed by atoms with E-state index in [1.54, 1.807) is 19.1 Å². The van der Waals surface area contributed by atoms with Crippen molar-refractivity contribution in [3.05, 3.63) is 63.0 Å². The van der Waals surface area contributed by atoms with Crippen LogP contribution in [0.4, 0.5) is 4.39 Å². The average molecular weight is 371 g/mol. The van der Waals surface area contributed by atoms with Crippen LogP contribution in [0.1, 0.15) is 24.1 Å². The maximum atomic E-state index is 13.7. The molecule has 2 aromatic carbocycles. The molecule has 100 valence electrons. The van der Waals surface area contributed by atoms with E-state index in [9.17, 15) is 4.39 Å². The first-order valence-corrected chi connectivity index (χ1v) is 7.06. The van der Waals surface area contributed by atoms with E-state index in [4.69, 9.17) is 10.5 Å². The van der Waals surface area contributed by atoms with Gasteiger partial charge in [-0.1, -0.05) is 18.2 Å². The topological polar surface area (TPSA) is 35.2 Å². The van der Waals surface area contributed by atoms with Gasteiger partial charge in [-0.05, 0) is 53.3 Å². The van der Waals surface area contributed by atoms with E-state index < -0.39 is 0 Å². The number of hydrogen-bond donors (Lipinski definition) is 1. The number of halogens is 2. The molecule has 0 aliphatic rings. The van der Waals surface area contributed by atoms with Gasteiger partial charge in [0.25, 0.3) is 0 Å². The highest BCUT2D eigenvalue weighted by Gasteiger charge is 2.08. The molecular formula is C15H15FINO. The van der Waals surface area contributed by atoms with Gasteiger partial charge in [0, 0.05) is 21.2 Å². The van der Waals surface area contributed by atoms with Gasteiger partial charge in [0.15, 0.2) is 0 Å². The van der Waals surface area contributed by atoms with Gasteiger partial charge >= 0.3 is 0 Å². The molecule has 4 heteroatoms. The molecule has 0 amide bonds. The molecule has 0 radical (unpaired) electrons. The van der Waals surface area contributed by atoms with Crippen LogP contribution in [0.3, 0.4) is 0 Å². The monoisotopic (exact) mass is 371 g/mol. The van der Waals surface area contributed by atoms with Crippen molar-refractivity contribution in [2.24, 2.45) is 5.73 Å². The molecule has 0 heterocycles. The van der Waals surface area contributed by atoms with Crippen LogP contribution in [-0.2, 0) is 6.61 Å². The summed E-state index contributed by atoms with van der Waals surface area (Å²) in [5.74, 6) is 0.190. The van der Waals surface area contributed by atoms with E-state index in [-0.39, 0.29) is 11.9 Å². The summed E-state index contributed by atoms with van der Waals surface area (Å²) in [4.78, 5) is 0. The van der Waals surface area contributed by atoms with Crippen LogP contribution < -0.4 is 10.5 Å². The Morgan fingerprint density at radius 3 is 2.47 bits per heavy atom. The Kier molecular flexibility index (Phi) is 4.76. The number of rotatable bonds is 4. The van der Waals surface area contributed by atoms with Crippen molar-refractivity contribution < 1.29 is 9.13 Å². The van der Waals surface area contributed by atoms with Crippen molar-refractivity contribution in [1.82, 2.24) is 0 Å². The molecule has 0 bridgehead atoms. The van der Waals surface area contributed by atoms with Gasteiger partial charge in [-0.25, -0.2) is 4.39 Å². The molecule has 0 aliphatic carbocycles. The normalized spacial score (nSPS) is 12.2. The molecule has 2 N–H and O–H groups in total. The fraction of sp³-hybridized carbons (Fsp3) is 0.200. The number of nitrogens with two attached hydrogens (primary N) is 1. The fourth-order valence-corrected chi connectivity index (χ4v) is 2.07. The van der Waals surface area contributed by atoms with Crippen LogP contribution in [0, 0.1) is 9.39 Å². The number of benzene rings is 2. The van der Waals surface area contributed by atoms with Crippen molar-refractivity contribution in [3.63, 3.8) is 0 Å². The minimum atomic E-state index is -0.324. The van der Waals surface area contributed by atoms with Gasteiger partial charge in [-0.15, -0.1) is 0 Å². The van der Waals surface area contributed by atoms with E-state index in [0.29, 0.717) is 17.9 Å². The van der Waals surface area contributed by atoms with Crippen LogP contribution in [0.15, 0.2) is 42.5 Å². The summed E-state index contributed by atoms with van der Waals surface area (Å²) >= 11 is 2.25. The zero-order valence-electron chi connectivity index (χ0n) is 10.6. The lowest BCUT2D eigenvalue weighted by Crippen LogP contribution is -2.07. The molecule has 0 spiro atoms. The average Bonchev–Trinajstić information content (AvgIpc) is 2.37. The highest BCUT2D eigenvalue weighted by Crippen LogP contribution is 2.21. The molecule has 1 atom stereocenters. The predicted octanol–water partition coefficient (Wildman–Crippen LogP) is 4.03. The Hall–Kier alpha value is -1.14. The Morgan fingerprint density at radius 2 is 1.89 bits per heavy atom. The van der Waals surface area contributed by atoms with E-state index in [2.05, 4.69) is 22.6 Å². The standard InChI is InChI=1S/C15H15FINO/c1-10(18)14-7-6-13(8-15(14)16)19-9-11-2-4-12(17)5-3-11/h2-8,10H,9,18H2,1H3/t10-/m0/s1. The lowest BCUT2D eigenvalue weighted by molar-refractivity contribution is 0.304. The zero-order chi connectivity index (χ0) is 13.8. The van der Waals surface area contributed by atoms with Gasteiger partial charge in [0.1, 0.15) is 18.2 Å². The Morgan fingerprint density at radius 1 is 1.21 bits per heavy atom.